The summed E-state index contributed by atoms with van der Waals surface area (Å²) in [6, 6.07) is 5.76. The minimum atomic E-state index is -0.503. The number of carbonyl (C=O) groups excluding carboxylic acids is 1. The highest BCUT2D eigenvalue weighted by atomic mass is 19.1. The molecule has 2 aliphatic rings. The maximum atomic E-state index is 14.3. The highest BCUT2D eigenvalue weighted by Crippen LogP contribution is 2.37. The summed E-state index contributed by atoms with van der Waals surface area (Å²) in [5.74, 6) is -0.182. The van der Waals surface area contributed by atoms with E-state index in [1.807, 2.05) is 4.90 Å². The van der Waals surface area contributed by atoms with Crippen molar-refractivity contribution in [2.75, 3.05) is 37.4 Å². The molecule has 2 bridgehead atoms. The predicted molar refractivity (Wildman–Crippen MR) is 116 cm³/mol. The molecule has 2 aliphatic heterocycles. The fraction of sp³-hybridized carbons (Fsp3) is 0.318. The third kappa shape index (κ3) is 3.35. The summed E-state index contributed by atoms with van der Waals surface area (Å²) in [4.78, 5) is 26.0. The molecule has 0 aliphatic carbocycles. The molecule has 5 rings (SSSR count). The van der Waals surface area contributed by atoms with Crippen LogP contribution in [0.1, 0.15) is 33.4 Å². The molecule has 33 heavy (non-hydrogen) atoms. The van der Waals surface area contributed by atoms with Crippen molar-refractivity contribution in [2.45, 2.75) is 12.6 Å². The van der Waals surface area contributed by atoms with Crippen LogP contribution in [0.25, 0.3) is 11.3 Å². The van der Waals surface area contributed by atoms with Gasteiger partial charge in [-0.05, 0) is 23.8 Å². The summed E-state index contributed by atoms with van der Waals surface area (Å²) >= 11 is 0. The van der Waals surface area contributed by atoms with E-state index in [1.54, 1.807) is 14.1 Å². The first-order chi connectivity index (χ1) is 15.9. The molecule has 1 saturated heterocycles. The molecule has 4 heterocycles. The molecule has 0 unspecified atom stereocenters. The van der Waals surface area contributed by atoms with Gasteiger partial charge in [-0.2, -0.15) is 10.4 Å². The topological polar surface area (TPSA) is 126 Å². The van der Waals surface area contributed by atoms with Crippen molar-refractivity contribution in [1.29, 1.82) is 5.26 Å². The number of aryl methyl sites for hydroxylation is 1. The van der Waals surface area contributed by atoms with Gasteiger partial charge >= 0.3 is 0 Å². The van der Waals surface area contributed by atoms with Gasteiger partial charge in [-0.15, -0.1) is 0 Å². The fourth-order valence-corrected chi connectivity index (χ4v) is 4.43. The zero-order valence-corrected chi connectivity index (χ0v) is 18.1. The first-order valence-corrected chi connectivity index (χ1v) is 10.4. The van der Waals surface area contributed by atoms with Gasteiger partial charge in [0.1, 0.15) is 17.6 Å². The van der Waals surface area contributed by atoms with Gasteiger partial charge in [0, 0.05) is 26.2 Å². The van der Waals surface area contributed by atoms with Crippen molar-refractivity contribution >= 4 is 17.5 Å². The molecule has 168 valence electrons. The number of rotatable bonds is 0. The van der Waals surface area contributed by atoms with Gasteiger partial charge in [0.25, 0.3) is 5.91 Å². The van der Waals surface area contributed by atoms with Crippen LogP contribution in [0.4, 0.5) is 16.0 Å². The second-order valence-corrected chi connectivity index (χ2v) is 8.05. The number of nitriles is 1. The van der Waals surface area contributed by atoms with Gasteiger partial charge in [0.2, 0.25) is 0 Å². The summed E-state index contributed by atoms with van der Waals surface area (Å²) in [5, 5.41) is 14.2. The molecule has 2 N–H and O–H groups in total. The van der Waals surface area contributed by atoms with E-state index < -0.39 is 11.9 Å². The highest BCUT2D eigenvalue weighted by Gasteiger charge is 2.33. The van der Waals surface area contributed by atoms with Crippen LogP contribution in [0, 0.1) is 17.1 Å². The number of anilines is 2. The lowest BCUT2D eigenvalue weighted by atomic mass is 9.97. The molecule has 0 saturated carbocycles. The molecule has 11 heteroatoms. The fourth-order valence-electron chi connectivity index (χ4n) is 4.43. The number of hydrogen-bond acceptors (Lipinski definition) is 8. The Morgan fingerprint density at radius 1 is 1.33 bits per heavy atom. The molecular formula is C22H21FN8O2. The summed E-state index contributed by atoms with van der Waals surface area (Å²) in [5.41, 5.74) is 8.77. The van der Waals surface area contributed by atoms with E-state index in [2.05, 4.69) is 16.2 Å². The predicted octanol–water partition coefficient (Wildman–Crippen LogP) is 1.63. The van der Waals surface area contributed by atoms with Crippen LogP contribution < -0.4 is 10.6 Å². The monoisotopic (exact) mass is 448 g/mol. The lowest BCUT2D eigenvalue weighted by Gasteiger charge is -2.38. The van der Waals surface area contributed by atoms with Gasteiger partial charge < -0.3 is 20.3 Å². The minimum Gasteiger partial charge on any atom is -0.381 e. The number of fused-ring (bicyclic) bond motifs is 8. The zero-order valence-electron chi connectivity index (χ0n) is 18.1. The van der Waals surface area contributed by atoms with Gasteiger partial charge in [-0.3, -0.25) is 9.48 Å². The van der Waals surface area contributed by atoms with Gasteiger partial charge in [-0.25, -0.2) is 14.4 Å². The van der Waals surface area contributed by atoms with Crippen molar-refractivity contribution in [3.05, 3.63) is 52.7 Å². The lowest BCUT2D eigenvalue weighted by molar-refractivity contribution is 0.0771. The first-order valence-electron chi connectivity index (χ1n) is 10.4. The average Bonchev–Trinajstić information content (AvgIpc) is 3.12. The number of ether oxygens (including phenoxy) is 1. The summed E-state index contributed by atoms with van der Waals surface area (Å²) in [7, 11) is 3.30. The lowest BCUT2D eigenvalue weighted by Crippen LogP contribution is -2.42. The zero-order chi connectivity index (χ0) is 23.3. The highest BCUT2D eigenvalue weighted by molar-refractivity contribution is 5.96. The number of amides is 1. The smallest absolute Gasteiger partial charge is 0.254 e. The van der Waals surface area contributed by atoms with E-state index in [9.17, 15) is 14.4 Å². The number of morpholine rings is 1. The number of carbonyl (C=O) groups is 1. The number of benzene rings is 1. The molecule has 1 fully saturated rings. The number of nitrogen functional groups attached to an aromatic ring is 1. The van der Waals surface area contributed by atoms with E-state index in [0.29, 0.717) is 52.7 Å². The van der Waals surface area contributed by atoms with E-state index in [-0.39, 0.29) is 24.9 Å². The number of nitrogens with two attached hydrogens (primary N) is 1. The third-order valence-electron chi connectivity index (χ3n) is 6.00. The quantitative estimate of drug-likeness (QED) is 0.550. The Morgan fingerprint density at radius 3 is 2.94 bits per heavy atom. The van der Waals surface area contributed by atoms with Crippen LogP contribution in [-0.4, -0.2) is 57.4 Å². The molecule has 2 aromatic heterocycles. The van der Waals surface area contributed by atoms with E-state index >= 15 is 0 Å². The Balaban J connectivity index is 1.81. The Labute approximate surface area is 189 Å². The standard InChI is InChI=1S/C22H21FN8O2/c1-29-10-16-19(17(8-24)30(2)28-16)15-9-26-20(25)21(27-15)31-5-6-33-11-18(31)14-7-12(23)3-4-13(14)22(29)32/h3-4,7,9,18H,5-6,10-11H2,1-2H3,(H2,25,26)/t18-/m1/s1. The average molecular weight is 448 g/mol. The van der Waals surface area contributed by atoms with Crippen molar-refractivity contribution in [3.8, 4) is 17.3 Å². The first kappa shape index (κ1) is 20.8. The maximum absolute atomic E-state index is 14.3. The number of nitrogens with zero attached hydrogens (tertiary/aromatic N) is 7. The summed E-state index contributed by atoms with van der Waals surface area (Å²) < 4.78 is 21.5. The minimum absolute atomic E-state index is 0.118. The van der Waals surface area contributed by atoms with Gasteiger partial charge in [0.05, 0.1) is 48.9 Å². The van der Waals surface area contributed by atoms with Crippen LogP contribution in [-0.2, 0) is 18.3 Å². The van der Waals surface area contributed by atoms with E-state index in [0.717, 1.165) is 0 Å². The molecular weight excluding hydrogens is 427 g/mol. The van der Waals surface area contributed by atoms with Gasteiger partial charge in [0.15, 0.2) is 11.6 Å². The molecule has 3 aromatic rings. The maximum Gasteiger partial charge on any atom is 0.254 e. The Morgan fingerprint density at radius 2 is 2.15 bits per heavy atom. The van der Waals surface area contributed by atoms with E-state index in [4.69, 9.17) is 15.5 Å². The third-order valence-corrected chi connectivity index (χ3v) is 6.00. The number of hydrogen-bond donors (Lipinski definition) is 1. The Bertz CT molecular complexity index is 1310. The second kappa shape index (κ2) is 7.83. The molecule has 0 radical (unpaired) electrons. The van der Waals surface area contributed by atoms with Crippen molar-refractivity contribution in [1.82, 2.24) is 24.6 Å². The molecule has 10 nitrogen and oxygen atoms in total. The van der Waals surface area contributed by atoms with Crippen LogP contribution >= 0.6 is 0 Å². The van der Waals surface area contributed by atoms with Crippen molar-refractivity contribution in [3.63, 3.8) is 0 Å². The van der Waals surface area contributed by atoms with Crippen LogP contribution in [0.2, 0.25) is 0 Å². The van der Waals surface area contributed by atoms with Crippen molar-refractivity contribution < 1.29 is 13.9 Å². The second-order valence-electron chi connectivity index (χ2n) is 8.05. The van der Waals surface area contributed by atoms with Crippen molar-refractivity contribution in [2.24, 2.45) is 7.05 Å². The van der Waals surface area contributed by atoms with Gasteiger partial charge in [-0.1, -0.05) is 0 Å². The van der Waals surface area contributed by atoms with E-state index in [1.165, 1.54) is 34.0 Å². The molecule has 0 spiro atoms. The van der Waals surface area contributed by atoms with Crippen LogP contribution in [0.5, 0.6) is 0 Å². The molecule has 1 atom stereocenters. The Kier molecular flexibility index (Phi) is 4.94. The Hall–Kier alpha value is -4.04. The largest absolute Gasteiger partial charge is 0.381 e. The van der Waals surface area contributed by atoms with Crippen LogP contribution in [0.3, 0.4) is 0 Å². The molecule has 1 aromatic carbocycles. The number of aromatic nitrogens is 4. The van der Waals surface area contributed by atoms with Crippen LogP contribution in [0.15, 0.2) is 24.4 Å². The number of halogens is 1. The summed E-state index contributed by atoms with van der Waals surface area (Å²) in [6.45, 7) is 1.16. The molecule has 1 amide bonds. The normalized spacial score (nSPS) is 17.9. The SMILES string of the molecule is CN1Cc2nn(C)c(C#N)c2-c2cnc(N)c(n2)N2CCOC[C@@H]2c2cc(F)ccc2C1=O. The summed E-state index contributed by atoms with van der Waals surface area (Å²) in [6.07, 6.45) is 1.50.